The van der Waals surface area contributed by atoms with E-state index in [1.807, 2.05) is 12.1 Å². The molecule has 2 aromatic rings. The maximum absolute atomic E-state index is 5.37. The highest BCUT2D eigenvalue weighted by molar-refractivity contribution is 9.10. The van der Waals surface area contributed by atoms with Crippen molar-refractivity contribution in [1.29, 1.82) is 0 Å². The summed E-state index contributed by atoms with van der Waals surface area (Å²) in [7, 11) is 1.70. The van der Waals surface area contributed by atoms with Gasteiger partial charge in [0.2, 0.25) is 0 Å². The molecule has 0 aliphatic carbocycles. The number of halogens is 1. The summed E-state index contributed by atoms with van der Waals surface area (Å²) in [4.78, 5) is 0. The number of hydrogen-bond acceptors (Lipinski definition) is 2. The van der Waals surface area contributed by atoms with E-state index in [2.05, 4.69) is 65.4 Å². The summed E-state index contributed by atoms with van der Waals surface area (Å²) in [5, 5.41) is 3.63. The highest BCUT2D eigenvalue weighted by Crippen LogP contribution is 2.31. The second-order valence-corrected chi connectivity index (χ2v) is 6.04. The van der Waals surface area contributed by atoms with E-state index in [0.29, 0.717) is 0 Å². The summed E-state index contributed by atoms with van der Waals surface area (Å²) in [6.45, 7) is 5.27. The molecule has 0 saturated heterocycles. The first-order valence-corrected chi connectivity index (χ1v) is 8.08. The summed E-state index contributed by atoms with van der Waals surface area (Å²) in [6, 6.07) is 15.0. The molecule has 0 aliphatic rings. The smallest absolute Gasteiger partial charge is 0.119 e. The Morgan fingerprint density at radius 1 is 1.14 bits per heavy atom. The van der Waals surface area contributed by atoms with Crippen molar-refractivity contribution in [2.24, 2.45) is 0 Å². The SMILES string of the molecule is CCCNC(c1ccc(C)cc1)c1cc(OC)ccc1Br. The number of rotatable bonds is 6. The van der Waals surface area contributed by atoms with Crippen molar-refractivity contribution in [2.45, 2.75) is 26.3 Å². The van der Waals surface area contributed by atoms with Gasteiger partial charge in [0.05, 0.1) is 13.2 Å². The molecule has 112 valence electrons. The number of nitrogens with one attached hydrogen (secondary N) is 1. The van der Waals surface area contributed by atoms with Gasteiger partial charge in [-0.15, -0.1) is 0 Å². The Morgan fingerprint density at radius 2 is 1.86 bits per heavy atom. The fraction of sp³-hybridized carbons (Fsp3) is 0.333. The molecule has 1 unspecified atom stereocenters. The van der Waals surface area contributed by atoms with E-state index < -0.39 is 0 Å². The molecule has 0 heterocycles. The summed E-state index contributed by atoms with van der Waals surface area (Å²) in [6.07, 6.45) is 1.10. The molecule has 3 heteroatoms. The normalized spacial score (nSPS) is 12.2. The van der Waals surface area contributed by atoms with E-state index in [0.717, 1.165) is 23.2 Å². The fourth-order valence-electron chi connectivity index (χ4n) is 2.32. The van der Waals surface area contributed by atoms with E-state index in [1.54, 1.807) is 7.11 Å². The highest BCUT2D eigenvalue weighted by atomic mass is 79.9. The van der Waals surface area contributed by atoms with Crippen LogP contribution in [0.5, 0.6) is 5.75 Å². The molecule has 0 spiro atoms. The Kier molecular flexibility index (Phi) is 5.83. The Labute approximate surface area is 135 Å². The van der Waals surface area contributed by atoms with Gasteiger partial charge in [0, 0.05) is 4.47 Å². The average Bonchev–Trinajstić information content (AvgIpc) is 2.51. The van der Waals surface area contributed by atoms with Gasteiger partial charge in [-0.2, -0.15) is 0 Å². The van der Waals surface area contributed by atoms with Crippen LogP contribution in [-0.4, -0.2) is 13.7 Å². The molecule has 0 radical (unpaired) electrons. The first-order valence-electron chi connectivity index (χ1n) is 7.29. The Balaban J connectivity index is 2.42. The van der Waals surface area contributed by atoms with Crippen molar-refractivity contribution in [3.63, 3.8) is 0 Å². The van der Waals surface area contributed by atoms with Crippen LogP contribution in [0.25, 0.3) is 0 Å². The minimum Gasteiger partial charge on any atom is -0.497 e. The summed E-state index contributed by atoms with van der Waals surface area (Å²) in [5.74, 6) is 0.878. The van der Waals surface area contributed by atoms with Gasteiger partial charge in [0.15, 0.2) is 0 Å². The summed E-state index contributed by atoms with van der Waals surface area (Å²) in [5.41, 5.74) is 3.74. The van der Waals surface area contributed by atoms with Crippen LogP contribution < -0.4 is 10.1 Å². The largest absolute Gasteiger partial charge is 0.497 e. The van der Waals surface area contributed by atoms with Crippen LogP contribution in [0.2, 0.25) is 0 Å². The van der Waals surface area contributed by atoms with Crippen molar-refractivity contribution >= 4 is 15.9 Å². The lowest BCUT2D eigenvalue weighted by molar-refractivity contribution is 0.413. The zero-order chi connectivity index (χ0) is 15.2. The molecule has 2 aromatic carbocycles. The molecular formula is C18H22BrNO. The van der Waals surface area contributed by atoms with Gasteiger partial charge in [-0.05, 0) is 49.2 Å². The molecule has 2 nitrogen and oxygen atoms in total. The molecule has 2 rings (SSSR count). The molecule has 0 aliphatic heterocycles. The lowest BCUT2D eigenvalue weighted by Crippen LogP contribution is -2.23. The first-order chi connectivity index (χ1) is 10.2. The van der Waals surface area contributed by atoms with Crippen LogP contribution in [0.1, 0.15) is 36.1 Å². The third-order valence-corrected chi connectivity index (χ3v) is 4.25. The lowest BCUT2D eigenvalue weighted by atomic mass is 9.97. The van der Waals surface area contributed by atoms with Crippen molar-refractivity contribution < 1.29 is 4.74 Å². The minimum atomic E-state index is 0.162. The second-order valence-electron chi connectivity index (χ2n) is 5.19. The third-order valence-electron chi connectivity index (χ3n) is 3.52. The van der Waals surface area contributed by atoms with Gasteiger partial charge < -0.3 is 10.1 Å². The molecule has 21 heavy (non-hydrogen) atoms. The quantitative estimate of drug-likeness (QED) is 0.805. The van der Waals surface area contributed by atoms with E-state index in [1.165, 1.54) is 16.7 Å². The molecule has 0 amide bonds. The van der Waals surface area contributed by atoms with Crippen LogP contribution in [0.3, 0.4) is 0 Å². The standard InChI is InChI=1S/C18H22BrNO/c1-4-11-20-18(14-7-5-13(2)6-8-14)16-12-15(21-3)9-10-17(16)19/h5-10,12,18,20H,4,11H2,1-3H3. The van der Waals surface area contributed by atoms with Gasteiger partial charge in [0.1, 0.15) is 5.75 Å². The molecule has 0 bridgehead atoms. The van der Waals surface area contributed by atoms with Crippen molar-refractivity contribution in [3.8, 4) is 5.75 Å². The van der Waals surface area contributed by atoms with E-state index in [-0.39, 0.29) is 6.04 Å². The predicted molar refractivity (Wildman–Crippen MR) is 92.0 cm³/mol. The monoisotopic (exact) mass is 347 g/mol. The van der Waals surface area contributed by atoms with Crippen molar-refractivity contribution in [2.75, 3.05) is 13.7 Å². The van der Waals surface area contributed by atoms with Crippen LogP contribution >= 0.6 is 15.9 Å². The number of benzene rings is 2. The van der Waals surface area contributed by atoms with Crippen molar-refractivity contribution in [1.82, 2.24) is 5.32 Å². The topological polar surface area (TPSA) is 21.3 Å². The number of hydrogen-bond donors (Lipinski definition) is 1. The first kappa shape index (κ1) is 16.1. The molecule has 1 atom stereocenters. The van der Waals surface area contributed by atoms with Crippen LogP contribution in [0, 0.1) is 6.92 Å². The number of ether oxygens (including phenoxy) is 1. The van der Waals surface area contributed by atoms with Gasteiger partial charge in [-0.25, -0.2) is 0 Å². The van der Waals surface area contributed by atoms with Crippen LogP contribution in [0.15, 0.2) is 46.9 Å². The van der Waals surface area contributed by atoms with E-state index >= 15 is 0 Å². The van der Waals surface area contributed by atoms with Gasteiger partial charge in [0.25, 0.3) is 0 Å². The zero-order valence-corrected chi connectivity index (χ0v) is 14.4. The lowest BCUT2D eigenvalue weighted by Gasteiger charge is -2.21. The predicted octanol–water partition coefficient (Wildman–Crippen LogP) is 4.86. The van der Waals surface area contributed by atoms with Crippen molar-refractivity contribution in [3.05, 3.63) is 63.6 Å². The van der Waals surface area contributed by atoms with Crippen LogP contribution in [0.4, 0.5) is 0 Å². The molecule has 0 aromatic heterocycles. The molecular weight excluding hydrogens is 326 g/mol. The summed E-state index contributed by atoms with van der Waals surface area (Å²) < 4.78 is 6.47. The Morgan fingerprint density at radius 3 is 2.48 bits per heavy atom. The zero-order valence-electron chi connectivity index (χ0n) is 12.8. The summed E-state index contributed by atoms with van der Waals surface area (Å²) >= 11 is 3.67. The Bertz CT molecular complexity index is 580. The molecule has 0 saturated carbocycles. The molecule has 1 N–H and O–H groups in total. The van der Waals surface area contributed by atoms with Gasteiger partial charge in [-0.1, -0.05) is 52.7 Å². The third kappa shape index (κ3) is 4.08. The van der Waals surface area contributed by atoms with E-state index in [4.69, 9.17) is 4.74 Å². The fourth-order valence-corrected chi connectivity index (χ4v) is 2.80. The maximum atomic E-state index is 5.37. The van der Waals surface area contributed by atoms with Gasteiger partial charge in [-0.3, -0.25) is 0 Å². The molecule has 0 fully saturated rings. The van der Waals surface area contributed by atoms with Gasteiger partial charge >= 0.3 is 0 Å². The van der Waals surface area contributed by atoms with E-state index in [9.17, 15) is 0 Å². The number of aryl methyl sites for hydroxylation is 1. The minimum absolute atomic E-state index is 0.162. The number of methoxy groups -OCH3 is 1. The second kappa shape index (κ2) is 7.62. The Hall–Kier alpha value is -1.32. The maximum Gasteiger partial charge on any atom is 0.119 e. The van der Waals surface area contributed by atoms with Crippen LogP contribution in [-0.2, 0) is 0 Å². The average molecular weight is 348 g/mol. The highest BCUT2D eigenvalue weighted by Gasteiger charge is 2.17.